The van der Waals surface area contributed by atoms with E-state index in [0.717, 1.165) is 4.47 Å². The Morgan fingerprint density at radius 1 is 1.12 bits per heavy atom. The molecule has 0 aliphatic rings. The van der Waals surface area contributed by atoms with Crippen LogP contribution in [0.15, 0.2) is 53.0 Å². The molecule has 1 unspecified atom stereocenters. The molecule has 136 valence electrons. The van der Waals surface area contributed by atoms with Gasteiger partial charge in [-0.1, -0.05) is 22.0 Å². The van der Waals surface area contributed by atoms with Crippen molar-refractivity contribution in [2.24, 2.45) is 0 Å². The Bertz CT molecular complexity index is 804. The first-order valence-electron chi connectivity index (χ1n) is 7.85. The first-order chi connectivity index (χ1) is 12.3. The Morgan fingerprint density at radius 2 is 1.81 bits per heavy atom. The fourth-order valence-electron chi connectivity index (χ4n) is 2.14. The molecule has 0 radical (unpaired) electrons. The zero-order valence-corrected chi connectivity index (χ0v) is 15.9. The number of Topliss-reactive ketones (excluding diaryl/α,β-unsaturated/α-hetero) is 1. The monoisotopic (exact) mass is 419 g/mol. The predicted molar refractivity (Wildman–Crippen MR) is 100 cm³/mol. The van der Waals surface area contributed by atoms with E-state index >= 15 is 0 Å². The smallest absolute Gasteiger partial charge is 0.344 e. The van der Waals surface area contributed by atoms with E-state index in [4.69, 9.17) is 9.47 Å². The van der Waals surface area contributed by atoms with Crippen molar-refractivity contribution >= 4 is 39.3 Å². The Labute approximate surface area is 159 Å². The van der Waals surface area contributed by atoms with Gasteiger partial charge in [0.15, 0.2) is 12.7 Å². The molecular formula is C19H18BrNO5. The summed E-state index contributed by atoms with van der Waals surface area (Å²) >= 11 is 3.31. The molecule has 0 bridgehead atoms. The fourth-order valence-corrected chi connectivity index (χ4v) is 2.52. The van der Waals surface area contributed by atoms with E-state index in [1.54, 1.807) is 42.5 Å². The van der Waals surface area contributed by atoms with E-state index in [0.29, 0.717) is 17.0 Å². The van der Waals surface area contributed by atoms with Crippen molar-refractivity contribution in [3.05, 3.63) is 58.6 Å². The number of hydrogen-bond acceptors (Lipinski definition) is 5. The van der Waals surface area contributed by atoms with Crippen molar-refractivity contribution in [3.8, 4) is 5.75 Å². The number of anilines is 1. The molecule has 6 nitrogen and oxygen atoms in total. The van der Waals surface area contributed by atoms with Crippen LogP contribution < -0.4 is 10.1 Å². The molecule has 0 fully saturated rings. The minimum absolute atomic E-state index is 0.197. The molecule has 1 amide bonds. The van der Waals surface area contributed by atoms with Crippen LogP contribution in [0.4, 0.5) is 5.69 Å². The third-order valence-electron chi connectivity index (χ3n) is 3.32. The molecule has 0 spiro atoms. The average molecular weight is 420 g/mol. The van der Waals surface area contributed by atoms with Crippen LogP contribution in [0.3, 0.4) is 0 Å². The lowest BCUT2D eigenvalue weighted by molar-refractivity contribution is -0.148. The highest BCUT2D eigenvalue weighted by molar-refractivity contribution is 9.10. The van der Waals surface area contributed by atoms with Crippen LogP contribution in [0.5, 0.6) is 5.75 Å². The number of amides is 1. The van der Waals surface area contributed by atoms with Gasteiger partial charge in [-0.25, -0.2) is 4.79 Å². The van der Waals surface area contributed by atoms with E-state index in [9.17, 15) is 14.4 Å². The van der Waals surface area contributed by atoms with E-state index in [2.05, 4.69) is 21.2 Å². The zero-order chi connectivity index (χ0) is 19.1. The second kappa shape index (κ2) is 9.15. The largest absolute Gasteiger partial charge is 0.482 e. The van der Waals surface area contributed by atoms with Gasteiger partial charge in [0.2, 0.25) is 11.7 Å². The first-order valence-corrected chi connectivity index (χ1v) is 8.64. The van der Waals surface area contributed by atoms with Crippen LogP contribution in [-0.2, 0) is 14.3 Å². The number of ketones is 1. The van der Waals surface area contributed by atoms with Crippen molar-refractivity contribution in [3.63, 3.8) is 0 Å². The molecule has 0 saturated heterocycles. The Morgan fingerprint density at radius 3 is 2.42 bits per heavy atom. The normalized spacial score (nSPS) is 11.3. The highest BCUT2D eigenvalue weighted by Crippen LogP contribution is 2.18. The molecule has 2 rings (SSSR count). The summed E-state index contributed by atoms with van der Waals surface area (Å²) < 4.78 is 11.3. The molecule has 0 aliphatic carbocycles. The molecule has 2 aromatic carbocycles. The average Bonchev–Trinajstić information content (AvgIpc) is 2.59. The van der Waals surface area contributed by atoms with Crippen LogP contribution in [0, 0.1) is 0 Å². The highest BCUT2D eigenvalue weighted by Gasteiger charge is 2.20. The SMILES string of the molecule is CC(=O)Nc1ccc(C(=O)C(C)OC(=O)COc2cccc(Br)c2)cc1. The molecular weight excluding hydrogens is 402 g/mol. The van der Waals surface area contributed by atoms with Crippen LogP contribution in [0.1, 0.15) is 24.2 Å². The van der Waals surface area contributed by atoms with Gasteiger partial charge in [0, 0.05) is 22.6 Å². The van der Waals surface area contributed by atoms with Crippen molar-refractivity contribution < 1.29 is 23.9 Å². The second-order valence-corrected chi connectivity index (χ2v) is 6.42. The lowest BCUT2D eigenvalue weighted by Gasteiger charge is -2.13. The van der Waals surface area contributed by atoms with E-state index in [-0.39, 0.29) is 18.3 Å². The number of halogens is 1. The number of hydrogen-bond donors (Lipinski definition) is 1. The third-order valence-corrected chi connectivity index (χ3v) is 3.81. The summed E-state index contributed by atoms with van der Waals surface area (Å²) in [6.07, 6.45) is -0.944. The predicted octanol–water partition coefficient (Wildman–Crippen LogP) is 3.60. The third kappa shape index (κ3) is 6.00. The van der Waals surface area contributed by atoms with Gasteiger partial charge in [0.25, 0.3) is 0 Å². The number of carbonyl (C=O) groups excluding carboxylic acids is 3. The maximum absolute atomic E-state index is 12.3. The topological polar surface area (TPSA) is 81.7 Å². The molecule has 0 heterocycles. The maximum atomic E-state index is 12.3. The number of ether oxygens (including phenoxy) is 2. The summed E-state index contributed by atoms with van der Waals surface area (Å²) in [4.78, 5) is 35.2. The highest BCUT2D eigenvalue weighted by atomic mass is 79.9. The standard InChI is InChI=1S/C19H18BrNO5/c1-12(19(24)14-6-8-16(9-7-14)21-13(2)22)26-18(23)11-25-17-5-3-4-15(20)10-17/h3-10,12H,11H2,1-2H3,(H,21,22). The Kier molecular flexibility index (Phi) is 6.91. The second-order valence-electron chi connectivity index (χ2n) is 5.50. The van der Waals surface area contributed by atoms with Gasteiger partial charge >= 0.3 is 5.97 Å². The molecule has 1 N–H and O–H groups in total. The van der Waals surface area contributed by atoms with Gasteiger partial charge < -0.3 is 14.8 Å². The van der Waals surface area contributed by atoms with E-state index in [1.807, 2.05) is 6.07 Å². The van der Waals surface area contributed by atoms with Gasteiger partial charge in [0.05, 0.1) is 0 Å². The van der Waals surface area contributed by atoms with Crippen LogP contribution >= 0.6 is 15.9 Å². The van der Waals surface area contributed by atoms with Gasteiger partial charge in [-0.2, -0.15) is 0 Å². The molecule has 26 heavy (non-hydrogen) atoms. The van der Waals surface area contributed by atoms with Gasteiger partial charge in [-0.3, -0.25) is 9.59 Å². The molecule has 0 aromatic heterocycles. The Balaban J connectivity index is 1.87. The number of nitrogens with one attached hydrogen (secondary N) is 1. The molecule has 7 heteroatoms. The summed E-state index contributed by atoms with van der Waals surface area (Å²) in [6.45, 7) is 2.60. The zero-order valence-electron chi connectivity index (χ0n) is 14.3. The molecule has 1 atom stereocenters. The molecule has 0 saturated carbocycles. The minimum atomic E-state index is -0.944. The van der Waals surface area contributed by atoms with Crippen molar-refractivity contribution in [2.75, 3.05) is 11.9 Å². The van der Waals surface area contributed by atoms with Crippen molar-refractivity contribution in [1.82, 2.24) is 0 Å². The fraction of sp³-hybridized carbons (Fsp3) is 0.211. The van der Waals surface area contributed by atoms with E-state index < -0.39 is 12.1 Å². The summed E-state index contributed by atoms with van der Waals surface area (Å²) in [6, 6.07) is 13.4. The van der Waals surface area contributed by atoms with Crippen molar-refractivity contribution in [2.45, 2.75) is 20.0 Å². The lowest BCUT2D eigenvalue weighted by atomic mass is 10.1. The van der Waals surface area contributed by atoms with Gasteiger partial charge in [-0.15, -0.1) is 0 Å². The van der Waals surface area contributed by atoms with Gasteiger partial charge in [0.1, 0.15) is 5.75 Å². The summed E-state index contributed by atoms with van der Waals surface area (Å²) in [5.74, 6) is -0.656. The minimum Gasteiger partial charge on any atom is -0.482 e. The summed E-state index contributed by atoms with van der Waals surface area (Å²) in [5, 5.41) is 2.61. The quantitative estimate of drug-likeness (QED) is 0.547. The Hall–Kier alpha value is -2.67. The maximum Gasteiger partial charge on any atom is 0.344 e. The van der Waals surface area contributed by atoms with Crippen LogP contribution in [-0.4, -0.2) is 30.4 Å². The summed E-state index contributed by atoms with van der Waals surface area (Å²) in [5.41, 5.74) is 0.966. The first kappa shape index (κ1) is 19.7. The number of rotatable bonds is 7. The summed E-state index contributed by atoms with van der Waals surface area (Å²) in [7, 11) is 0. The number of esters is 1. The van der Waals surface area contributed by atoms with Gasteiger partial charge in [-0.05, 0) is 49.4 Å². The van der Waals surface area contributed by atoms with Crippen LogP contribution in [0.2, 0.25) is 0 Å². The molecule has 2 aromatic rings. The number of benzene rings is 2. The molecule has 0 aliphatic heterocycles. The van der Waals surface area contributed by atoms with Crippen molar-refractivity contribution in [1.29, 1.82) is 0 Å². The van der Waals surface area contributed by atoms with E-state index in [1.165, 1.54) is 13.8 Å². The van der Waals surface area contributed by atoms with Crippen LogP contribution in [0.25, 0.3) is 0 Å². The lowest BCUT2D eigenvalue weighted by Crippen LogP contribution is -2.27. The number of carbonyl (C=O) groups is 3.